The molecule has 1 aromatic heterocycles. The van der Waals surface area contributed by atoms with Crippen LogP contribution in [0.4, 0.5) is 13.2 Å². The fourth-order valence-corrected chi connectivity index (χ4v) is 10.00. The lowest BCUT2D eigenvalue weighted by atomic mass is 9.98. The second-order valence-corrected chi connectivity index (χ2v) is 18.9. The number of halogens is 3. The number of amides is 7. The summed E-state index contributed by atoms with van der Waals surface area (Å²) in [6.45, 7) is 3.83. The molecule has 8 rings (SSSR count). The minimum absolute atomic E-state index is 0.00452. The molecule has 5 heterocycles. The number of imide groups is 1. The summed E-state index contributed by atoms with van der Waals surface area (Å²) in [6.07, 6.45) is -3.53. The molecule has 396 valence electrons. The minimum atomic E-state index is -5.08. The number of carboxylic acid groups (broad SMARTS) is 1. The van der Waals surface area contributed by atoms with Crippen molar-refractivity contribution in [2.24, 2.45) is 18.5 Å². The van der Waals surface area contributed by atoms with Gasteiger partial charge in [-0.1, -0.05) is 66.7 Å². The molecule has 8 N–H and O–H groups in total. The fraction of sp³-hybridized carbons (Fsp3) is 0.460. The van der Waals surface area contributed by atoms with E-state index in [2.05, 4.69) is 25.8 Å². The summed E-state index contributed by atoms with van der Waals surface area (Å²) in [5, 5.41) is 15.4. The monoisotopic (exact) mass is 1030 g/mol. The molecule has 0 aliphatic carbocycles. The topological polar surface area (TPSA) is 285 Å². The molecule has 7 amide bonds. The molecule has 0 radical (unpaired) electrons. The maximum atomic E-state index is 14.1. The number of hydrogen-bond donors (Lipinski definition) is 6. The Hall–Kier alpha value is -7.44. The van der Waals surface area contributed by atoms with E-state index in [0.717, 1.165) is 16.7 Å². The lowest BCUT2D eigenvalue weighted by molar-refractivity contribution is -0.192. The van der Waals surface area contributed by atoms with Gasteiger partial charge in [0.15, 0.2) is 0 Å². The van der Waals surface area contributed by atoms with Gasteiger partial charge in [0, 0.05) is 71.7 Å². The largest absolute Gasteiger partial charge is 0.490 e. The van der Waals surface area contributed by atoms with E-state index in [4.69, 9.17) is 21.4 Å². The van der Waals surface area contributed by atoms with Crippen molar-refractivity contribution in [1.82, 2.24) is 44.7 Å². The lowest BCUT2D eigenvalue weighted by Crippen LogP contribution is -2.61. The summed E-state index contributed by atoms with van der Waals surface area (Å²) < 4.78 is 34.7. The number of nitrogens with one attached hydrogen (secondary N) is 3. The molecular weight excluding hydrogens is 972 g/mol. The van der Waals surface area contributed by atoms with Crippen molar-refractivity contribution >= 4 is 58.4 Å². The van der Waals surface area contributed by atoms with E-state index in [1.54, 1.807) is 11.9 Å². The number of benzene rings is 3. The Balaban J connectivity index is 0.00000107. The molecule has 1 unspecified atom stereocenters. The molecule has 0 saturated carbocycles. The number of imidazole rings is 1. The van der Waals surface area contributed by atoms with E-state index >= 15 is 0 Å². The van der Waals surface area contributed by atoms with Crippen LogP contribution in [0.25, 0.3) is 11.0 Å². The zero-order chi connectivity index (χ0) is 53.4. The Morgan fingerprint density at radius 3 is 2.03 bits per heavy atom. The predicted octanol–water partition coefficient (Wildman–Crippen LogP) is 0.644. The SMILES string of the molecule is Cn1c(=O)n(C2CCC(=O)NC2=O)c2ccc(CN3CCN(CC(=O)N4CC[C@H]5CC[C@@H](C(=O)N[C@@H](CCC(N)=O)C(=O)NC(c6ccccc6)c6ccccc6)N5C(=O)[C@@H](N)C4)CC3)cc21.O=C(O)C(F)(F)F. The van der Waals surface area contributed by atoms with Gasteiger partial charge in [-0.05, 0) is 60.9 Å². The Labute approximate surface area is 422 Å². The number of aromatic nitrogens is 2. The predicted molar refractivity (Wildman–Crippen MR) is 260 cm³/mol. The Kier molecular flexibility index (Phi) is 17.3. The molecule has 5 atom stereocenters. The van der Waals surface area contributed by atoms with Gasteiger partial charge >= 0.3 is 17.8 Å². The van der Waals surface area contributed by atoms with Crippen LogP contribution in [0.1, 0.15) is 73.7 Å². The second kappa shape index (κ2) is 23.6. The summed E-state index contributed by atoms with van der Waals surface area (Å²) in [4.78, 5) is 122. The smallest absolute Gasteiger partial charge is 0.475 e. The average Bonchev–Trinajstić information content (AvgIpc) is 3.90. The highest BCUT2D eigenvalue weighted by molar-refractivity contribution is 6.00. The number of alkyl halides is 3. The lowest BCUT2D eigenvalue weighted by Gasteiger charge is -2.39. The molecule has 4 fully saturated rings. The highest BCUT2D eigenvalue weighted by atomic mass is 19.4. The second-order valence-electron chi connectivity index (χ2n) is 18.9. The molecule has 4 aliphatic heterocycles. The van der Waals surface area contributed by atoms with E-state index in [1.165, 1.54) is 14.0 Å². The van der Waals surface area contributed by atoms with Gasteiger partial charge in [0.05, 0.1) is 23.6 Å². The van der Waals surface area contributed by atoms with Crippen molar-refractivity contribution in [3.05, 3.63) is 106 Å². The number of carboxylic acids is 1. The first-order valence-electron chi connectivity index (χ1n) is 24.3. The number of rotatable bonds is 14. The molecule has 0 spiro atoms. The average molecular weight is 1030 g/mol. The molecule has 74 heavy (non-hydrogen) atoms. The van der Waals surface area contributed by atoms with Gasteiger partial charge < -0.3 is 37.0 Å². The highest BCUT2D eigenvalue weighted by Gasteiger charge is 2.45. The number of piperazine rings is 1. The number of nitrogens with two attached hydrogens (primary N) is 2. The van der Waals surface area contributed by atoms with Crippen LogP contribution in [0.5, 0.6) is 0 Å². The van der Waals surface area contributed by atoms with Crippen molar-refractivity contribution in [3.63, 3.8) is 0 Å². The van der Waals surface area contributed by atoms with Crippen molar-refractivity contribution in [3.8, 4) is 0 Å². The van der Waals surface area contributed by atoms with E-state index in [9.17, 15) is 51.5 Å². The summed E-state index contributed by atoms with van der Waals surface area (Å²) >= 11 is 0. The summed E-state index contributed by atoms with van der Waals surface area (Å²) in [7, 11) is 1.67. The first kappa shape index (κ1) is 54.3. The van der Waals surface area contributed by atoms with Crippen LogP contribution in [-0.2, 0) is 51.9 Å². The number of aliphatic carboxylic acids is 1. The fourth-order valence-electron chi connectivity index (χ4n) is 10.00. The zero-order valence-corrected chi connectivity index (χ0v) is 40.7. The van der Waals surface area contributed by atoms with Crippen molar-refractivity contribution in [2.45, 2.75) is 93.9 Å². The van der Waals surface area contributed by atoms with Gasteiger partial charge in [0.2, 0.25) is 41.4 Å². The first-order valence-corrected chi connectivity index (χ1v) is 24.3. The standard InChI is InChI=1S/C48H59N11O8.C2HF3O2/c1-54-39-26-30(12-15-36(39)59(48(54)67)38-17-19-41(61)52-46(38)65)27-55-22-24-56(25-23-55)29-42(62)57-21-20-33-13-16-37(58(33)47(66)34(49)28-57)45(64)51-35(14-18-40(50)60)44(63)53-43(31-8-4-2-5-9-31)32-10-6-3-7-11-32;3-2(4,5)1(6)7/h2-12,15,26,33-35,37-38,43H,13-14,16-25,27-29,49H2,1H3,(H2,50,60)(H,51,64)(H,53,63)(H,52,61,65);(H,6,7)/t33-,34+,35+,37+,38?;/m1./s1. The molecule has 21 nitrogen and oxygen atoms in total. The van der Waals surface area contributed by atoms with E-state index in [0.29, 0.717) is 69.6 Å². The Bertz CT molecular complexity index is 2760. The third-order valence-corrected chi connectivity index (χ3v) is 13.9. The first-order chi connectivity index (χ1) is 35.2. The molecule has 4 saturated heterocycles. The van der Waals surface area contributed by atoms with Crippen LogP contribution in [-0.4, -0.2) is 157 Å². The molecule has 24 heteroatoms. The van der Waals surface area contributed by atoms with Crippen LogP contribution in [0, 0.1) is 0 Å². The molecular formula is C50H60F3N11O10. The number of aryl methyl sites for hydroxylation is 1. The molecule has 4 aliphatic rings. The number of primary amides is 1. The van der Waals surface area contributed by atoms with Gasteiger partial charge in [0.25, 0.3) is 0 Å². The van der Waals surface area contributed by atoms with Gasteiger partial charge in [-0.15, -0.1) is 0 Å². The van der Waals surface area contributed by atoms with Gasteiger partial charge in [-0.25, -0.2) is 9.59 Å². The Morgan fingerprint density at radius 2 is 1.43 bits per heavy atom. The maximum Gasteiger partial charge on any atom is 0.490 e. The maximum absolute atomic E-state index is 14.1. The molecule has 3 aromatic carbocycles. The van der Waals surface area contributed by atoms with Crippen LogP contribution < -0.4 is 33.1 Å². The highest BCUT2D eigenvalue weighted by Crippen LogP contribution is 2.30. The number of hydrogen-bond acceptors (Lipinski definition) is 12. The number of nitrogens with zero attached hydrogens (tertiary/aromatic N) is 6. The third kappa shape index (κ3) is 13.0. The van der Waals surface area contributed by atoms with Gasteiger partial charge in [-0.3, -0.25) is 57.8 Å². The van der Waals surface area contributed by atoms with Gasteiger partial charge in [-0.2, -0.15) is 13.2 Å². The molecule has 0 bridgehead atoms. The van der Waals surface area contributed by atoms with Gasteiger partial charge in [0.1, 0.15) is 24.2 Å². The summed E-state index contributed by atoms with van der Waals surface area (Å²) in [6, 6.07) is 19.9. The van der Waals surface area contributed by atoms with E-state index in [-0.39, 0.29) is 62.3 Å². The zero-order valence-electron chi connectivity index (χ0n) is 40.7. The number of carbonyl (C=O) groups is 8. The van der Waals surface area contributed by atoms with Crippen LogP contribution >= 0.6 is 0 Å². The van der Waals surface area contributed by atoms with E-state index in [1.807, 2.05) is 78.9 Å². The number of carbonyl (C=O) groups excluding carboxylic acids is 7. The van der Waals surface area contributed by atoms with Crippen molar-refractivity contribution in [2.75, 3.05) is 45.8 Å². The summed E-state index contributed by atoms with van der Waals surface area (Å²) in [5.74, 6) is -5.78. The van der Waals surface area contributed by atoms with E-state index < -0.39 is 71.9 Å². The van der Waals surface area contributed by atoms with Crippen LogP contribution in [0.3, 0.4) is 0 Å². The minimum Gasteiger partial charge on any atom is -0.475 e. The molecule has 4 aromatic rings. The van der Waals surface area contributed by atoms with Crippen LogP contribution in [0.15, 0.2) is 83.7 Å². The normalized spacial score (nSPS) is 21.2. The van der Waals surface area contributed by atoms with Crippen molar-refractivity contribution < 1.29 is 56.6 Å². The van der Waals surface area contributed by atoms with Crippen LogP contribution in [0.2, 0.25) is 0 Å². The number of fused-ring (bicyclic) bond motifs is 2. The Morgan fingerprint density at radius 1 is 0.811 bits per heavy atom. The number of piperidine rings is 1. The van der Waals surface area contributed by atoms with Crippen molar-refractivity contribution in [1.29, 1.82) is 0 Å². The third-order valence-electron chi connectivity index (χ3n) is 13.9. The summed E-state index contributed by atoms with van der Waals surface area (Å²) in [5.41, 5.74) is 15.7. The quantitative estimate of drug-likeness (QED) is 0.0948.